The van der Waals surface area contributed by atoms with E-state index in [1.807, 2.05) is 42.6 Å². The fraction of sp³-hybridized carbons (Fsp3) is 0.207. The average molecular weight is 530 g/mol. The second-order valence-electron chi connectivity index (χ2n) is 8.72. The Morgan fingerprint density at radius 2 is 1.95 bits per heavy atom. The van der Waals surface area contributed by atoms with Crippen LogP contribution in [-0.4, -0.2) is 36.4 Å². The molecule has 8 nitrogen and oxygen atoms in total. The summed E-state index contributed by atoms with van der Waals surface area (Å²) in [6.45, 7) is 6.24. The van der Waals surface area contributed by atoms with Gasteiger partial charge in [-0.05, 0) is 37.3 Å². The number of carbonyl (C=O) groups is 1. The van der Waals surface area contributed by atoms with Gasteiger partial charge in [-0.1, -0.05) is 35.6 Å². The van der Waals surface area contributed by atoms with E-state index in [9.17, 15) is 9.59 Å². The Hall–Kier alpha value is -4.37. The smallest absolute Gasteiger partial charge is 0.338 e. The fourth-order valence-electron chi connectivity index (χ4n) is 4.86. The van der Waals surface area contributed by atoms with Crippen molar-refractivity contribution < 1.29 is 19.0 Å². The Kier molecular flexibility index (Phi) is 6.77. The van der Waals surface area contributed by atoms with E-state index >= 15 is 0 Å². The molecule has 0 fully saturated rings. The van der Waals surface area contributed by atoms with Crippen LogP contribution in [0.25, 0.3) is 17.0 Å². The summed E-state index contributed by atoms with van der Waals surface area (Å²) in [4.78, 5) is 32.1. The van der Waals surface area contributed by atoms with Gasteiger partial charge < -0.3 is 18.8 Å². The third-order valence-corrected chi connectivity index (χ3v) is 7.57. The molecule has 38 heavy (non-hydrogen) atoms. The minimum Gasteiger partial charge on any atom is -0.497 e. The summed E-state index contributed by atoms with van der Waals surface area (Å²) in [6, 6.07) is 12.5. The van der Waals surface area contributed by atoms with E-state index in [4.69, 9.17) is 14.2 Å². The van der Waals surface area contributed by atoms with Gasteiger partial charge in [-0.25, -0.2) is 9.79 Å². The molecule has 0 N–H and O–H groups in total. The van der Waals surface area contributed by atoms with E-state index in [1.165, 1.54) is 23.0 Å². The highest BCUT2D eigenvalue weighted by molar-refractivity contribution is 7.07. The second kappa shape index (κ2) is 10.2. The van der Waals surface area contributed by atoms with E-state index in [2.05, 4.69) is 16.1 Å². The van der Waals surface area contributed by atoms with Crippen LogP contribution < -0.4 is 24.4 Å². The van der Waals surface area contributed by atoms with Crippen LogP contribution in [0.15, 0.2) is 82.4 Å². The number of nitrogens with zero attached hydrogens (tertiary/aromatic N) is 3. The van der Waals surface area contributed by atoms with Crippen LogP contribution in [-0.2, 0) is 16.1 Å². The maximum absolute atomic E-state index is 14.0. The highest BCUT2D eigenvalue weighted by Gasteiger charge is 2.35. The summed E-state index contributed by atoms with van der Waals surface area (Å²) in [5, 5.41) is 1.03. The normalized spacial score (nSPS) is 15.3. The van der Waals surface area contributed by atoms with Crippen LogP contribution in [0.4, 0.5) is 0 Å². The lowest BCUT2D eigenvalue weighted by atomic mass is 9.95. The molecule has 1 atom stereocenters. The van der Waals surface area contributed by atoms with Gasteiger partial charge in [-0.3, -0.25) is 9.36 Å². The van der Waals surface area contributed by atoms with Crippen LogP contribution in [0.2, 0.25) is 0 Å². The molecule has 1 unspecified atom stereocenters. The largest absolute Gasteiger partial charge is 0.497 e. The van der Waals surface area contributed by atoms with E-state index < -0.39 is 12.0 Å². The van der Waals surface area contributed by atoms with Crippen molar-refractivity contribution in [2.45, 2.75) is 19.5 Å². The van der Waals surface area contributed by atoms with Gasteiger partial charge in [0, 0.05) is 34.8 Å². The molecule has 1 aliphatic rings. The molecule has 3 heterocycles. The lowest BCUT2D eigenvalue weighted by Gasteiger charge is -2.26. The van der Waals surface area contributed by atoms with Gasteiger partial charge in [-0.15, -0.1) is 6.58 Å². The van der Waals surface area contributed by atoms with Gasteiger partial charge in [0.25, 0.3) is 5.56 Å². The van der Waals surface area contributed by atoms with Crippen LogP contribution >= 0.6 is 11.3 Å². The number of fused-ring (bicyclic) bond motifs is 2. The van der Waals surface area contributed by atoms with E-state index in [0.717, 1.165) is 16.5 Å². The number of methoxy groups -OCH3 is 3. The van der Waals surface area contributed by atoms with Crippen molar-refractivity contribution in [3.63, 3.8) is 0 Å². The summed E-state index contributed by atoms with van der Waals surface area (Å²) in [5.74, 6) is 0.508. The molecule has 0 spiro atoms. The summed E-state index contributed by atoms with van der Waals surface area (Å²) < 4.78 is 20.3. The molecule has 0 bridgehead atoms. The number of carbonyl (C=O) groups excluding carboxylic acids is 1. The zero-order chi connectivity index (χ0) is 27.0. The van der Waals surface area contributed by atoms with Gasteiger partial charge in [0.1, 0.15) is 17.5 Å². The number of esters is 1. The number of ether oxygens (including phenoxy) is 3. The zero-order valence-electron chi connectivity index (χ0n) is 21.6. The molecule has 0 aliphatic carbocycles. The first-order valence-electron chi connectivity index (χ1n) is 11.9. The van der Waals surface area contributed by atoms with E-state index in [-0.39, 0.29) is 11.1 Å². The lowest BCUT2D eigenvalue weighted by molar-refractivity contribution is -0.136. The summed E-state index contributed by atoms with van der Waals surface area (Å²) in [7, 11) is 4.41. The van der Waals surface area contributed by atoms with Crippen molar-refractivity contribution in [2.75, 3.05) is 21.3 Å². The van der Waals surface area contributed by atoms with Gasteiger partial charge >= 0.3 is 5.97 Å². The molecule has 2 aromatic heterocycles. The first-order chi connectivity index (χ1) is 18.4. The first-order valence-corrected chi connectivity index (χ1v) is 12.7. The van der Waals surface area contributed by atoms with Crippen LogP contribution in [0, 0.1) is 0 Å². The number of allylic oxidation sites excluding steroid dienone is 2. The molecule has 0 amide bonds. The topological polar surface area (TPSA) is 84.0 Å². The van der Waals surface area contributed by atoms with Crippen molar-refractivity contribution in [1.29, 1.82) is 0 Å². The van der Waals surface area contributed by atoms with Crippen molar-refractivity contribution >= 4 is 34.3 Å². The predicted molar refractivity (Wildman–Crippen MR) is 147 cm³/mol. The Bertz CT molecular complexity index is 1790. The number of aromatic nitrogens is 2. The summed E-state index contributed by atoms with van der Waals surface area (Å²) >= 11 is 1.28. The fourth-order valence-corrected chi connectivity index (χ4v) is 5.90. The number of rotatable bonds is 7. The number of benzene rings is 2. The maximum Gasteiger partial charge on any atom is 0.338 e. The molecule has 4 aromatic rings. The lowest BCUT2D eigenvalue weighted by Crippen LogP contribution is -2.40. The van der Waals surface area contributed by atoms with Crippen molar-refractivity contribution in [2.24, 2.45) is 4.99 Å². The van der Waals surface area contributed by atoms with Crippen molar-refractivity contribution in [3.8, 4) is 11.5 Å². The molecule has 194 valence electrons. The van der Waals surface area contributed by atoms with Gasteiger partial charge in [0.05, 0.1) is 37.1 Å². The van der Waals surface area contributed by atoms with E-state index in [1.54, 1.807) is 39.3 Å². The quantitative estimate of drug-likeness (QED) is 0.270. The van der Waals surface area contributed by atoms with Gasteiger partial charge in [0.2, 0.25) is 0 Å². The van der Waals surface area contributed by atoms with Gasteiger partial charge in [0.15, 0.2) is 4.80 Å². The third kappa shape index (κ3) is 4.14. The molecule has 0 saturated carbocycles. The minimum absolute atomic E-state index is 0.264. The number of hydrogen-bond acceptors (Lipinski definition) is 7. The monoisotopic (exact) mass is 529 g/mol. The second-order valence-corrected chi connectivity index (χ2v) is 9.73. The highest BCUT2D eigenvalue weighted by Crippen LogP contribution is 2.37. The highest BCUT2D eigenvalue weighted by atomic mass is 32.1. The molecule has 1 aliphatic heterocycles. The molecular formula is C29H27N3O5S. The Morgan fingerprint density at radius 1 is 1.16 bits per heavy atom. The van der Waals surface area contributed by atoms with Crippen LogP contribution in [0.1, 0.15) is 24.1 Å². The average Bonchev–Trinajstić information content (AvgIpc) is 3.43. The maximum atomic E-state index is 14.0. The van der Waals surface area contributed by atoms with E-state index in [0.29, 0.717) is 38.6 Å². The molecule has 0 radical (unpaired) electrons. The standard InChI is InChI=1S/C29H27N3O5S/c1-6-13-31-16-18(20-9-7-8-10-22(20)31)14-24-27(33)32-26(21-15-19(35-3)11-12-23(21)36-4)25(28(34)37-5)17(2)30-29(32)38-24/h6-12,14-16,26H,1,13H2,2-5H3. The number of hydrogen-bond donors (Lipinski definition) is 0. The predicted octanol–water partition coefficient (Wildman–Crippen LogP) is 3.57. The Labute approximate surface area is 223 Å². The van der Waals surface area contributed by atoms with Gasteiger partial charge in [-0.2, -0.15) is 0 Å². The number of thiazole rings is 1. The zero-order valence-corrected chi connectivity index (χ0v) is 22.4. The molecule has 5 rings (SSSR count). The SMILES string of the molecule is C=CCn1cc(C=c2sc3n(c2=O)C(c2cc(OC)ccc2OC)C(C(=O)OC)=C(C)N=3)c2ccccc21. The molecule has 0 saturated heterocycles. The molecule has 9 heteroatoms. The van der Waals surface area contributed by atoms with Crippen LogP contribution in [0.5, 0.6) is 11.5 Å². The van der Waals surface area contributed by atoms with Crippen molar-refractivity contribution in [1.82, 2.24) is 9.13 Å². The van der Waals surface area contributed by atoms with Crippen LogP contribution in [0.3, 0.4) is 0 Å². The Balaban J connectivity index is 1.79. The first kappa shape index (κ1) is 25.3. The third-order valence-electron chi connectivity index (χ3n) is 6.59. The minimum atomic E-state index is -0.812. The Morgan fingerprint density at radius 3 is 2.66 bits per heavy atom. The number of para-hydroxylation sites is 1. The molecule has 2 aromatic carbocycles. The molecular weight excluding hydrogens is 502 g/mol. The van der Waals surface area contributed by atoms with Crippen molar-refractivity contribution in [3.05, 3.63) is 103 Å². The summed E-state index contributed by atoms with van der Waals surface area (Å²) in [6.07, 6.45) is 5.73. The summed E-state index contributed by atoms with van der Waals surface area (Å²) in [5.41, 5.74) is 3.03.